The summed E-state index contributed by atoms with van der Waals surface area (Å²) in [6.07, 6.45) is 3.18. The number of aromatic nitrogens is 2. The monoisotopic (exact) mass is 407 g/mol. The fraction of sp³-hybridized carbons (Fsp3) is 0.182. The molecule has 0 spiro atoms. The van der Waals surface area contributed by atoms with E-state index in [1.54, 1.807) is 30.3 Å². The lowest BCUT2D eigenvalue weighted by Crippen LogP contribution is -2.32. The van der Waals surface area contributed by atoms with E-state index in [1.807, 2.05) is 12.1 Å². The van der Waals surface area contributed by atoms with Crippen LogP contribution in [-0.2, 0) is 11.2 Å². The Hall–Kier alpha value is -3.78. The van der Waals surface area contributed by atoms with Gasteiger partial charge in [-0.2, -0.15) is 0 Å². The van der Waals surface area contributed by atoms with Crippen LogP contribution in [0.2, 0.25) is 0 Å². The summed E-state index contributed by atoms with van der Waals surface area (Å²) in [4.78, 5) is 32.1. The van der Waals surface area contributed by atoms with Gasteiger partial charge in [-0.05, 0) is 30.2 Å². The molecule has 1 aromatic heterocycles. The van der Waals surface area contributed by atoms with Crippen LogP contribution in [0.25, 0.3) is 11.3 Å². The Balaban J connectivity index is 1.76. The Labute approximate surface area is 173 Å². The number of benzene rings is 2. The third-order valence-electron chi connectivity index (χ3n) is 4.55. The molecule has 1 unspecified atom stereocenters. The second-order valence-corrected chi connectivity index (χ2v) is 6.53. The molecule has 0 fully saturated rings. The number of hydrogen-bond donors (Lipinski definition) is 2. The predicted molar refractivity (Wildman–Crippen MR) is 110 cm³/mol. The lowest BCUT2D eigenvalue weighted by molar-refractivity contribution is -0.138. The van der Waals surface area contributed by atoms with Crippen LogP contribution >= 0.6 is 0 Å². The lowest BCUT2D eigenvalue weighted by Gasteiger charge is -2.09. The SMILES string of the molecule is COc1ccc(C(=O)c2cnc(-c3ccc(CC(N)C(=O)O)cc3)cn2)cc1OC. The fourth-order valence-electron chi connectivity index (χ4n) is 2.87. The number of ether oxygens (including phenoxy) is 2. The van der Waals surface area contributed by atoms with Crippen molar-refractivity contribution < 1.29 is 24.2 Å². The van der Waals surface area contributed by atoms with Crippen LogP contribution in [0.3, 0.4) is 0 Å². The second kappa shape index (κ2) is 9.15. The molecule has 0 aliphatic carbocycles. The largest absolute Gasteiger partial charge is 0.493 e. The molecule has 2 aromatic carbocycles. The molecule has 8 nitrogen and oxygen atoms in total. The highest BCUT2D eigenvalue weighted by Gasteiger charge is 2.15. The zero-order valence-corrected chi connectivity index (χ0v) is 16.5. The minimum absolute atomic E-state index is 0.204. The summed E-state index contributed by atoms with van der Waals surface area (Å²) in [6.45, 7) is 0. The Morgan fingerprint density at radius 2 is 1.70 bits per heavy atom. The van der Waals surface area contributed by atoms with Gasteiger partial charge in [-0.15, -0.1) is 0 Å². The quantitative estimate of drug-likeness (QED) is 0.545. The smallest absolute Gasteiger partial charge is 0.320 e. The topological polar surface area (TPSA) is 125 Å². The van der Waals surface area contributed by atoms with Crippen molar-refractivity contribution in [2.24, 2.45) is 5.73 Å². The average molecular weight is 407 g/mol. The van der Waals surface area contributed by atoms with Gasteiger partial charge in [0.15, 0.2) is 11.5 Å². The molecular formula is C22H21N3O5. The summed E-state index contributed by atoms with van der Waals surface area (Å²) in [6, 6.07) is 11.2. The van der Waals surface area contributed by atoms with Gasteiger partial charge >= 0.3 is 5.97 Å². The fourth-order valence-corrected chi connectivity index (χ4v) is 2.87. The van der Waals surface area contributed by atoms with Crippen LogP contribution in [0.4, 0.5) is 0 Å². The van der Waals surface area contributed by atoms with Gasteiger partial charge in [-0.25, -0.2) is 4.98 Å². The van der Waals surface area contributed by atoms with Gasteiger partial charge in [-0.1, -0.05) is 24.3 Å². The molecule has 3 aromatic rings. The van der Waals surface area contributed by atoms with Gasteiger partial charge < -0.3 is 20.3 Å². The highest BCUT2D eigenvalue weighted by molar-refractivity contribution is 6.07. The Morgan fingerprint density at radius 3 is 2.27 bits per heavy atom. The highest BCUT2D eigenvalue weighted by Crippen LogP contribution is 2.28. The number of nitrogens with two attached hydrogens (primary N) is 1. The lowest BCUT2D eigenvalue weighted by atomic mass is 10.0. The zero-order valence-electron chi connectivity index (χ0n) is 16.5. The van der Waals surface area contributed by atoms with Crippen LogP contribution in [0, 0.1) is 0 Å². The molecule has 154 valence electrons. The molecule has 0 aliphatic heterocycles. The molecule has 1 heterocycles. The summed E-state index contributed by atoms with van der Waals surface area (Å²) in [5.74, 6) is -0.341. The molecule has 1 atom stereocenters. The average Bonchev–Trinajstić information content (AvgIpc) is 2.78. The maximum Gasteiger partial charge on any atom is 0.320 e. The van der Waals surface area contributed by atoms with Crippen LogP contribution in [0.15, 0.2) is 54.9 Å². The minimum Gasteiger partial charge on any atom is -0.493 e. The van der Waals surface area contributed by atoms with Crippen molar-refractivity contribution in [3.63, 3.8) is 0 Å². The predicted octanol–water partition coefficient (Wildman–Crippen LogP) is 2.35. The summed E-state index contributed by atoms with van der Waals surface area (Å²) < 4.78 is 10.4. The van der Waals surface area contributed by atoms with E-state index in [-0.39, 0.29) is 17.9 Å². The van der Waals surface area contributed by atoms with E-state index in [9.17, 15) is 9.59 Å². The molecule has 0 saturated carbocycles. The molecule has 0 saturated heterocycles. The van der Waals surface area contributed by atoms with Crippen LogP contribution in [0.5, 0.6) is 11.5 Å². The first-order valence-corrected chi connectivity index (χ1v) is 9.09. The summed E-state index contributed by atoms with van der Waals surface area (Å²) in [7, 11) is 3.03. The van der Waals surface area contributed by atoms with Gasteiger partial charge in [-0.3, -0.25) is 14.6 Å². The molecule has 0 aliphatic rings. The third-order valence-corrected chi connectivity index (χ3v) is 4.55. The van der Waals surface area contributed by atoms with Crippen molar-refractivity contribution in [3.05, 3.63) is 71.7 Å². The molecule has 30 heavy (non-hydrogen) atoms. The van der Waals surface area contributed by atoms with Crippen LogP contribution < -0.4 is 15.2 Å². The first-order chi connectivity index (χ1) is 14.4. The molecular weight excluding hydrogens is 386 g/mol. The minimum atomic E-state index is -1.04. The molecule has 3 N–H and O–H groups in total. The number of carbonyl (C=O) groups excluding carboxylic acids is 1. The first-order valence-electron chi connectivity index (χ1n) is 9.09. The van der Waals surface area contributed by atoms with Crippen molar-refractivity contribution in [3.8, 4) is 22.8 Å². The maximum atomic E-state index is 12.7. The Bertz CT molecular complexity index is 1050. The number of rotatable bonds is 8. The Morgan fingerprint density at radius 1 is 1.00 bits per heavy atom. The number of carboxylic acid groups (broad SMARTS) is 1. The number of methoxy groups -OCH3 is 2. The van der Waals surface area contributed by atoms with Crippen LogP contribution in [-0.4, -0.2) is 47.1 Å². The van der Waals surface area contributed by atoms with E-state index in [0.29, 0.717) is 22.8 Å². The van der Waals surface area contributed by atoms with E-state index < -0.39 is 12.0 Å². The van der Waals surface area contributed by atoms with Crippen molar-refractivity contribution in [2.45, 2.75) is 12.5 Å². The van der Waals surface area contributed by atoms with Crippen molar-refractivity contribution in [2.75, 3.05) is 14.2 Å². The molecule has 0 bridgehead atoms. The van der Waals surface area contributed by atoms with Crippen LogP contribution in [0.1, 0.15) is 21.6 Å². The standard InChI is InChI=1S/C22H21N3O5/c1-29-19-8-7-15(10-20(19)30-2)21(26)18-12-24-17(11-25-18)14-5-3-13(4-6-14)9-16(23)22(27)28/h3-8,10-12,16H,9,23H2,1-2H3,(H,27,28). The number of hydrogen-bond acceptors (Lipinski definition) is 7. The van der Waals surface area contributed by atoms with Gasteiger partial charge in [0.1, 0.15) is 11.7 Å². The van der Waals surface area contributed by atoms with Crippen molar-refractivity contribution in [1.29, 1.82) is 0 Å². The summed E-state index contributed by atoms with van der Waals surface area (Å²) >= 11 is 0. The normalized spacial score (nSPS) is 11.6. The molecule has 3 rings (SSSR count). The van der Waals surface area contributed by atoms with Gasteiger partial charge in [0, 0.05) is 11.1 Å². The number of carboxylic acids is 1. The molecule has 8 heteroatoms. The number of nitrogens with zero attached hydrogens (tertiary/aromatic N) is 2. The van der Waals surface area contributed by atoms with Crippen molar-refractivity contribution in [1.82, 2.24) is 9.97 Å². The highest BCUT2D eigenvalue weighted by atomic mass is 16.5. The zero-order chi connectivity index (χ0) is 21.7. The van der Waals surface area contributed by atoms with Crippen molar-refractivity contribution >= 4 is 11.8 Å². The maximum absolute atomic E-state index is 12.7. The van der Waals surface area contributed by atoms with Gasteiger partial charge in [0.2, 0.25) is 5.78 Å². The second-order valence-electron chi connectivity index (χ2n) is 6.53. The van der Waals surface area contributed by atoms with E-state index in [4.69, 9.17) is 20.3 Å². The molecule has 0 radical (unpaired) electrons. The van der Waals surface area contributed by atoms with Gasteiger partial charge in [0.05, 0.1) is 32.3 Å². The number of aliphatic carboxylic acids is 1. The Kier molecular flexibility index (Phi) is 6.38. The molecule has 0 amide bonds. The summed E-state index contributed by atoms with van der Waals surface area (Å²) in [5.41, 5.74) is 8.36. The first kappa shape index (κ1) is 20.9. The van der Waals surface area contributed by atoms with E-state index in [1.165, 1.54) is 26.6 Å². The summed E-state index contributed by atoms with van der Waals surface area (Å²) in [5, 5.41) is 8.90. The number of ketones is 1. The number of carbonyl (C=O) groups is 2. The van der Waals surface area contributed by atoms with E-state index in [2.05, 4.69) is 9.97 Å². The van der Waals surface area contributed by atoms with Gasteiger partial charge in [0.25, 0.3) is 0 Å². The third kappa shape index (κ3) is 4.61. The van der Waals surface area contributed by atoms with E-state index >= 15 is 0 Å². The van der Waals surface area contributed by atoms with E-state index in [0.717, 1.165) is 11.1 Å².